The highest BCUT2D eigenvalue weighted by Crippen LogP contribution is 2.24. The Hall–Kier alpha value is -2.22. The lowest BCUT2D eigenvalue weighted by Crippen LogP contribution is -2.46. The summed E-state index contributed by atoms with van der Waals surface area (Å²) in [6, 6.07) is 15.0. The molecule has 1 atom stereocenters. The van der Waals surface area contributed by atoms with Crippen molar-refractivity contribution in [1.29, 1.82) is 0 Å². The zero-order valence-electron chi connectivity index (χ0n) is 16.3. The number of hydrogen-bond donors (Lipinski definition) is 1. The first-order valence-electron chi connectivity index (χ1n) is 10.1. The number of rotatable bonds is 5. The van der Waals surface area contributed by atoms with E-state index in [1.807, 2.05) is 36.4 Å². The van der Waals surface area contributed by atoms with Crippen LogP contribution in [0.25, 0.3) is 0 Å². The van der Waals surface area contributed by atoms with Crippen LogP contribution in [-0.4, -0.2) is 45.5 Å². The molecule has 2 aromatic carbocycles. The predicted molar refractivity (Wildman–Crippen MR) is 110 cm³/mol. The Morgan fingerprint density at radius 1 is 1.07 bits per heavy atom. The van der Waals surface area contributed by atoms with E-state index in [2.05, 4.69) is 4.72 Å². The molecular formula is C22H26N2O4S. The van der Waals surface area contributed by atoms with Gasteiger partial charge in [-0.2, -0.15) is 0 Å². The first kappa shape index (κ1) is 20.1. The van der Waals surface area contributed by atoms with E-state index in [-0.39, 0.29) is 23.5 Å². The van der Waals surface area contributed by atoms with E-state index in [4.69, 9.17) is 4.74 Å². The molecule has 1 N–H and O–H groups in total. The maximum absolute atomic E-state index is 12.7. The first-order chi connectivity index (χ1) is 14.0. The Labute approximate surface area is 171 Å². The molecule has 0 aromatic heterocycles. The van der Waals surface area contributed by atoms with Gasteiger partial charge in [0.1, 0.15) is 6.10 Å². The number of sulfonamides is 1. The second kappa shape index (κ2) is 8.65. The second-order valence-corrected chi connectivity index (χ2v) is 9.34. The number of hydrogen-bond acceptors (Lipinski definition) is 4. The molecule has 1 fully saturated rings. The molecule has 6 nitrogen and oxygen atoms in total. The molecule has 0 unspecified atom stereocenters. The van der Waals surface area contributed by atoms with Gasteiger partial charge in [-0.15, -0.1) is 0 Å². The van der Waals surface area contributed by atoms with Gasteiger partial charge in [-0.25, -0.2) is 13.1 Å². The maximum atomic E-state index is 12.7. The Balaban J connectivity index is 1.38. The largest absolute Gasteiger partial charge is 0.370 e. The lowest BCUT2D eigenvalue weighted by Gasteiger charge is -2.33. The van der Waals surface area contributed by atoms with Crippen LogP contribution in [0.2, 0.25) is 0 Å². The molecule has 1 saturated heterocycles. The summed E-state index contributed by atoms with van der Waals surface area (Å²) in [7, 11) is -3.72. The van der Waals surface area contributed by atoms with Gasteiger partial charge < -0.3 is 9.64 Å². The summed E-state index contributed by atoms with van der Waals surface area (Å²) in [5.74, 6) is -0.240. The van der Waals surface area contributed by atoms with Crippen molar-refractivity contribution in [2.45, 2.75) is 36.7 Å². The zero-order valence-corrected chi connectivity index (χ0v) is 17.2. The van der Waals surface area contributed by atoms with Crippen molar-refractivity contribution in [3.05, 3.63) is 65.2 Å². The van der Waals surface area contributed by atoms with Gasteiger partial charge in [0.2, 0.25) is 15.9 Å². The highest BCUT2D eigenvalue weighted by atomic mass is 32.2. The highest BCUT2D eigenvalue weighted by molar-refractivity contribution is 7.89. The molecule has 0 saturated carbocycles. The van der Waals surface area contributed by atoms with Crippen LogP contribution in [-0.2, 0) is 32.4 Å². The van der Waals surface area contributed by atoms with E-state index < -0.39 is 10.0 Å². The number of amides is 1. The van der Waals surface area contributed by atoms with E-state index in [9.17, 15) is 13.2 Å². The fourth-order valence-corrected chi connectivity index (χ4v) is 5.00. The molecule has 1 aliphatic carbocycles. The summed E-state index contributed by atoms with van der Waals surface area (Å²) < 4.78 is 33.6. The van der Waals surface area contributed by atoms with Crippen LogP contribution in [0.1, 0.15) is 35.6 Å². The second-order valence-electron chi connectivity index (χ2n) is 7.57. The van der Waals surface area contributed by atoms with Gasteiger partial charge in [0.25, 0.3) is 0 Å². The van der Waals surface area contributed by atoms with Gasteiger partial charge in [0.15, 0.2) is 0 Å². The minimum absolute atomic E-state index is 0.189. The van der Waals surface area contributed by atoms with E-state index in [0.717, 1.165) is 36.8 Å². The average molecular weight is 415 g/mol. The Bertz CT molecular complexity index is 976. The number of aryl methyl sites for hydroxylation is 2. The van der Waals surface area contributed by atoms with Crippen molar-refractivity contribution < 1.29 is 17.9 Å². The van der Waals surface area contributed by atoms with Crippen LogP contribution in [0.3, 0.4) is 0 Å². The van der Waals surface area contributed by atoms with Crippen LogP contribution < -0.4 is 4.72 Å². The summed E-state index contributed by atoms with van der Waals surface area (Å²) in [6.07, 6.45) is 3.95. The summed E-state index contributed by atoms with van der Waals surface area (Å²) in [4.78, 5) is 14.5. The number of fused-ring (bicyclic) bond motifs is 1. The molecule has 29 heavy (non-hydrogen) atoms. The van der Waals surface area contributed by atoms with E-state index in [0.29, 0.717) is 19.7 Å². The van der Waals surface area contributed by atoms with E-state index in [1.54, 1.807) is 17.0 Å². The molecule has 1 aliphatic heterocycles. The van der Waals surface area contributed by atoms with Crippen molar-refractivity contribution in [2.75, 3.05) is 26.2 Å². The van der Waals surface area contributed by atoms with Crippen LogP contribution in [0.5, 0.6) is 0 Å². The Kier molecular flexibility index (Phi) is 5.99. The molecular weight excluding hydrogens is 388 g/mol. The molecule has 0 spiro atoms. The quantitative estimate of drug-likeness (QED) is 0.815. The van der Waals surface area contributed by atoms with Gasteiger partial charge in [0.05, 0.1) is 24.6 Å². The number of nitrogens with one attached hydrogen (secondary N) is 1. The molecule has 1 heterocycles. The van der Waals surface area contributed by atoms with Gasteiger partial charge in [0, 0.05) is 6.54 Å². The molecule has 7 heteroatoms. The smallest absolute Gasteiger partial charge is 0.241 e. The van der Waals surface area contributed by atoms with Crippen LogP contribution in [0.4, 0.5) is 0 Å². The summed E-state index contributed by atoms with van der Waals surface area (Å²) in [5, 5.41) is 0. The summed E-state index contributed by atoms with van der Waals surface area (Å²) >= 11 is 0. The molecule has 154 valence electrons. The average Bonchev–Trinajstić information content (AvgIpc) is 2.78. The standard InChI is InChI=1S/C22H26N2O4S/c25-22(24-12-13-28-21(16-24)18-7-2-1-3-8-18)15-23-29(26,27)20-11-10-17-6-4-5-9-19(17)14-20/h1-3,7-8,10-11,14,21,23H,4-6,9,12-13,15-16H2/t21-/m1/s1. The molecule has 0 radical (unpaired) electrons. The van der Waals surface area contributed by atoms with E-state index in [1.165, 1.54) is 5.56 Å². The van der Waals surface area contributed by atoms with Crippen molar-refractivity contribution in [3.8, 4) is 0 Å². The summed E-state index contributed by atoms with van der Waals surface area (Å²) in [5.41, 5.74) is 3.34. The number of morpholine rings is 1. The van der Waals surface area contributed by atoms with Gasteiger partial charge >= 0.3 is 0 Å². The SMILES string of the molecule is O=C(CNS(=O)(=O)c1ccc2c(c1)CCCC2)N1CCO[C@@H](c2ccccc2)C1. The van der Waals surface area contributed by atoms with Crippen molar-refractivity contribution in [3.63, 3.8) is 0 Å². The van der Waals surface area contributed by atoms with E-state index >= 15 is 0 Å². The van der Waals surface area contributed by atoms with Crippen molar-refractivity contribution in [2.24, 2.45) is 0 Å². The molecule has 4 rings (SSSR count). The van der Waals surface area contributed by atoms with Gasteiger partial charge in [-0.05, 0) is 54.5 Å². The first-order valence-corrected chi connectivity index (χ1v) is 11.6. The molecule has 0 bridgehead atoms. The van der Waals surface area contributed by atoms with Gasteiger partial charge in [-0.1, -0.05) is 36.4 Å². The number of nitrogens with zero attached hydrogens (tertiary/aromatic N) is 1. The Morgan fingerprint density at radius 3 is 2.62 bits per heavy atom. The van der Waals surface area contributed by atoms with Crippen LogP contribution >= 0.6 is 0 Å². The zero-order chi connectivity index (χ0) is 20.3. The minimum atomic E-state index is -3.72. The Morgan fingerprint density at radius 2 is 1.83 bits per heavy atom. The fraction of sp³-hybridized carbons (Fsp3) is 0.409. The van der Waals surface area contributed by atoms with Crippen LogP contribution in [0, 0.1) is 0 Å². The molecule has 2 aliphatic rings. The molecule has 2 aromatic rings. The number of carbonyl (C=O) groups excluding carboxylic acids is 1. The van der Waals surface area contributed by atoms with Crippen molar-refractivity contribution in [1.82, 2.24) is 9.62 Å². The third kappa shape index (κ3) is 4.69. The normalized spacial score (nSPS) is 19.6. The van der Waals surface area contributed by atoms with Gasteiger partial charge in [-0.3, -0.25) is 4.79 Å². The predicted octanol–water partition coefficient (Wildman–Crippen LogP) is 2.44. The number of carbonyl (C=O) groups is 1. The van der Waals surface area contributed by atoms with Crippen molar-refractivity contribution >= 4 is 15.9 Å². The lowest BCUT2D eigenvalue weighted by atomic mass is 9.92. The highest BCUT2D eigenvalue weighted by Gasteiger charge is 2.26. The number of ether oxygens (including phenoxy) is 1. The summed E-state index contributed by atoms with van der Waals surface area (Å²) in [6.45, 7) is 1.07. The third-order valence-electron chi connectivity index (χ3n) is 5.63. The monoisotopic (exact) mass is 414 g/mol. The van der Waals surface area contributed by atoms with Crippen LogP contribution in [0.15, 0.2) is 53.4 Å². The maximum Gasteiger partial charge on any atom is 0.241 e. The minimum Gasteiger partial charge on any atom is -0.370 e. The molecule has 1 amide bonds. The number of benzene rings is 2. The third-order valence-corrected chi connectivity index (χ3v) is 7.03. The lowest BCUT2D eigenvalue weighted by molar-refractivity contribution is -0.137. The fourth-order valence-electron chi connectivity index (χ4n) is 3.97. The topological polar surface area (TPSA) is 75.7 Å².